The third-order valence-corrected chi connectivity index (χ3v) is 4.49. The molecule has 1 aromatic rings. The smallest absolute Gasteiger partial charge is 0.387 e. The highest BCUT2D eigenvalue weighted by atomic mass is 127. The summed E-state index contributed by atoms with van der Waals surface area (Å²) in [6.45, 7) is 7.01. The summed E-state index contributed by atoms with van der Waals surface area (Å²) in [4.78, 5) is 7.07. The summed E-state index contributed by atoms with van der Waals surface area (Å²) in [5.74, 6) is 0.919. The number of hydrogen-bond acceptors (Lipinski definition) is 3. The van der Waals surface area contributed by atoms with E-state index in [1.807, 2.05) is 13.0 Å². The Morgan fingerprint density at radius 1 is 1.30 bits per heavy atom. The summed E-state index contributed by atoms with van der Waals surface area (Å²) < 4.78 is 29.1. The minimum atomic E-state index is -2.82. The summed E-state index contributed by atoms with van der Waals surface area (Å²) in [7, 11) is 0. The number of rotatable bonds is 7. The first-order chi connectivity index (χ1) is 12.5. The average Bonchev–Trinajstić information content (AvgIpc) is 2.60. The van der Waals surface area contributed by atoms with Gasteiger partial charge in [0.15, 0.2) is 5.96 Å². The van der Waals surface area contributed by atoms with E-state index >= 15 is 0 Å². The fourth-order valence-corrected chi connectivity index (χ4v) is 3.06. The monoisotopic (exact) mass is 496 g/mol. The molecule has 0 amide bonds. The SMILES string of the molecule is CCNC(=NCc1cccc(OC(F)F)c1)NC1CCN(C(C)C)CC1.I. The minimum Gasteiger partial charge on any atom is -0.435 e. The minimum absolute atomic E-state index is 0. The van der Waals surface area contributed by atoms with Crippen LogP contribution in [0.25, 0.3) is 0 Å². The molecule has 0 radical (unpaired) electrons. The van der Waals surface area contributed by atoms with Gasteiger partial charge in [0.25, 0.3) is 0 Å². The van der Waals surface area contributed by atoms with E-state index in [0.29, 0.717) is 18.6 Å². The van der Waals surface area contributed by atoms with Gasteiger partial charge in [0.1, 0.15) is 5.75 Å². The van der Waals surface area contributed by atoms with Crippen molar-refractivity contribution in [3.05, 3.63) is 29.8 Å². The molecule has 8 heteroatoms. The second-order valence-electron chi connectivity index (χ2n) is 6.77. The zero-order valence-electron chi connectivity index (χ0n) is 16.3. The van der Waals surface area contributed by atoms with Crippen molar-refractivity contribution in [2.45, 2.75) is 58.9 Å². The van der Waals surface area contributed by atoms with Gasteiger partial charge in [0.2, 0.25) is 0 Å². The molecule has 1 heterocycles. The maximum absolute atomic E-state index is 12.3. The maximum Gasteiger partial charge on any atom is 0.387 e. The first-order valence-corrected chi connectivity index (χ1v) is 9.30. The zero-order chi connectivity index (χ0) is 18.9. The maximum atomic E-state index is 12.3. The molecule has 1 saturated heterocycles. The van der Waals surface area contributed by atoms with Gasteiger partial charge in [-0.2, -0.15) is 8.78 Å². The van der Waals surface area contributed by atoms with Crippen LogP contribution in [0.4, 0.5) is 8.78 Å². The summed E-state index contributed by atoms with van der Waals surface area (Å²) in [6, 6.07) is 7.65. The molecule has 0 saturated carbocycles. The molecule has 0 unspecified atom stereocenters. The molecule has 2 rings (SSSR count). The lowest BCUT2D eigenvalue weighted by atomic mass is 10.0. The van der Waals surface area contributed by atoms with Gasteiger partial charge in [-0.3, -0.25) is 0 Å². The summed E-state index contributed by atoms with van der Waals surface area (Å²) in [5, 5.41) is 6.75. The summed E-state index contributed by atoms with van der Waals surface area (Å²) in [5.41, 5.74) is 0.829. The van der Waals surface area contributed by atoms with Crippen LogP contribution in [0, 0.1) is 0 Å². The van der Waals surface area contributed by atoms with E-state index in [4.69, 9.17) is 0 Å². The van der Waals surface area contributed by atoms with Crippen molar-refractivity contribution < 1.29 is 13.5 Å². The fourth-order valence-electron chi connectivity index (χ4n) is 3.06. The van der Waals surface area contributed by atoms with Crippen LogP contribution in [0.15, 0.2) is 29.3 Å². The first kappa shape index (κ1) is 23.9. The van der Waals surface area contributed by atoms with Crippen LogP contribution >= 0.6 is 24.0 Å². The van der Waals surface area contributed by atoms with E-state index in [9.17, 15) is 8.78 Å². The fraction of sp³-hybridized carbons (Fsp3) is 0.632. The molecule has 0 atom stereocenters. The highest BCUT2D eigenvalue weighted by molar-refractivity contribution is 14.0. The molecule has 0 spiro atoms. The van der Waals surface area contributed by atoms with Crippen molar-refractivity contribution >= 4 is 29.9 Å². The van der Waals surface area contributed by atoms with Gasteiger partial charge in [-0.25, -0.2) is 4.99 Å². The number of alkyl halides is 2. The largest absolute Gasteiger partial charge is 0.435 e. The van der Waals surface area contributed by atoms with Crippen LogP contribution in [-0.2, 0) is 6.54 Å². The van der Waals surface area contributed by atoms with Crippen molar-refractivity contribution in [1.82, 2.24) is 15.5 Å². The van der Waals surface area contributed by atoms with E-state index in [1.54, 1.807) is 12.1 Å². The predicted molar refractivity (Wildman–Crippen MR) is 116 cm³/mol. The molecule has 5 nitrogen and oxygen atoms in total. The Hall–Kier alpha value is -1.16. The van der Waals surface area contributed by atoms with E-state index < -0.39 is 6.61 Å². The quantitative estimate of drug-likeness (QED) is 0.342. The van der Waals surface area contributed by atoms with E-state index in [1.165, 1.54) is 6.07 Å². The van der Waals surface area contributed by atoms with Crippen molar-refractivity contribution in [2.75, 3.05) is 19.6 Å². The average molecular weight is 496 g/mol. The Bertz CT molecular complexity index is 579. The topological polar surface area (TPSA) is 48.9 Å². The van der Waals surface area contributed by atoms with Gasteiger partial charge >= 0.3 is 6.61 Å². The van der Waals surface area contributed by atoms with Crippen LogP contribution in [0.5, 0.6) is 5.75 Å². The van der Waals surface area contributed by atoms with E-state index in [-0.39, 0.29) is 29.7 Å². The van der Waals surface area contributed by atoms with Crippen molar-refractivity contribution in [3.63, 3.8) is 0 Å². The zero-order valence-corrected chi connectivity index (χ0v) is 18.6. The van der Waals surface area contributed by atoms with Gasteiger partial charge in [-0.15, -0.1) is 24.0 Å². The Morgan fingerprint density at radius 2 is 2.00 bits per heavy atom. The number of guanidine groups is 1. The van der Waals surface area contributed by atoms with Crippen molar-refractivity contribution in [1.29, 1.82) is 0 Å². The van der Waals surface area contributed by atoms with Gasteiger partial charge in [-0.1, -0.05) is 12.1 Å². The number of ether oxygens (including phenoxy) is 1. The molecule has 27 heavy (non-hydrogen) atoms. The third kappa shape index (κ3) is 8.59. The number of nitrogens with zero attached hydrogens (tertiary/aromatic N) is 2. The van der Waals surface area contributed by atoms with E-state index in [0.717, 1.165) is 44.0 Å². The molecule has 154 valence electrons. The number of benzene rings is 1. The van der Waals surface area contributed by atoms with Gasteiger partial charge in [-0.05, 0) is 51.3 Å². The highest BCUT2D eigenvalue weighted by Gasteiger charge is 2.21. The Kier molecular flexibility index (Phi) is 10.9. The van der Waals surface area contributed by atoms with Crippen LogP contribution < -0.4 is 15.4 Å². The summed E-state index contributed by atoms with van der Waals surface area (Å²) >= 11 is 0. The normalized spacial score (nSPS) is 16.3. The molecule has 1 aromatic carbocycles. The number of piperidine rings is 1. The second kappa shape index (κ2) is 12.3. The summed E-state index contributed by atoms with van der Waals surface area (Å²) in [6.07, 6.45) is 2.17. The van der Waals surface area contributed by atoms with Gasteiger partial charge in [0, 0.05) is 31.7 Å². The van der Waals surface area contributed by atoms with Gasteiger partial charge in [0.05, 0.1) is 6.54 Å². The first-order valence-electron chi connectivity index (χ1n) is 9.30. The number of hydrogen-bond donors (Lipinski definition) is 2. The van der Waals surface area contributed by atoms with Gasteiger partial charge < -0.3 is 20.3 Å². The van der Waals surface area contributed by atoms with Crippen molar-refractivity contribution in [3.8, 4) is 5.75 Å². The Balaban J connectivity index is 0.00000364. The van der Waals surface area contributed by atoms with Crippen LogP contribution in [0.1, 0.15) is 39.2 Å². The molecule has 0 bridgehead atoms. The van der Waals surface area contributed by atoms with Crippen LogP contribution in [-0.4, -0.2) is 49.2 Å². The number of nitrogens with one attached hydrogen (secondary N) is 2. The van der Waals surface area contributed by atoms with Crippen molar-refractivity contribution in [2.24, 2.45) is 4.99 Å². The molecule has 0 aromatic heterocycles. The van der Waals surface area contributed by atoms with Crippen LogP contribution in [0.2, 0.25) is 0 Å². The molecule has 0 aliphatic carbocycles. The number of aliphatic imine (C=N–C) groups is 1. The molecule has 2 N–H and O–H groups in total. The number of likely N-dealkylation sites (tertiary alicyclic amines) is 1. The lowest BCUT2D eigenvalue weighted by Crippen LogP contribution is -2.49. The number of halogens is 3. The van der Waals surface area contributed by atoms with Crippen LogP contribution in [0.3, 0.4) is 0 Å². The Labute approximate surface area is 178 Å². The lowest BCUT2D eigenvalue weighted by molar-refractivity contribution is -0.0498. The standard InChI is InChI=1S/C19H30F2N4O.HI/c1-4-22-19(24-16-8-10-25(11-9-16)14(2)3)23-13-15-6-5-7-17(12-15)26-18(20)21;/h5-7,12,14,16,18H,4,8-11,13H2,1-3H3,(H2,22,23,24);1H. The molecular weight excluding hydrogens is 465 g/mol. The Morgan fingerprint density at radius 3 is 2.59 bits per heavy atom. The van der Waals surface area contributed by atoms with E-state index in [2.05, 4.69) is 39.1 Å². The lowest BCUT2D eigenvalue weighted by Gasteiger charge is -2.35. The molecule has 1 aliphatic heterocycles. The highest BCUT2D eigenvalue weighted by Crippen LogP contribution is 2.17. The second-order valence-corrected chi connectivity index (χ2v) is 6.77. The molecular formula is C19H31F2IN4O. The third-order valence-electron chi connectivity index (χ3n) is 4.49. The predicted octanol–water partition coefficient (Wildman–Crippen LogP) is 3.83. The molecule has 1 fully saturated rings. The molecule has 1 aliphatic rings.